The number of aromatic nitrogens is 2. The number of hydrogen-bond acceptors (Lipinski definition) is 9. The first-order valence-corrected chi connectivity index (χ1v) is 12.8. The van der Waals surface area contributed by atoms with Crippen molar-refractivity contribution >= 4 is 55.7 Å². The van der Waals surface area contributed by atoms with Gasteiger partial charge in [0.1, 0.15) is 21.3 Å². The van der Waals surface area contributed by atoms with Gasteiger partial charge < -0.3 is 14.8 Å². The molecular formula is C23H25N3O6S2. The summed E-state index contributed by atoms with van der Waals surface area (Å²) < 4.78 is 11.5. The maximum absolute atomic E-state index is 13.1. The third-order valence-electron chi connectivity index (χ3n) is 5.60. The molecule has 180 valence electrons. The number of carbonyl (C=O) groups excluding carboxylic acids is 3. The van der Waals surface area contributed by atoms with Gasteiger partial charge in [-0.1, -0.05) is 0 Å². The molecule has 0 atom stereocenters. The molecule has 0 fully saturated rings. The number of thiophene rings is 2. The summed E-state index contributed by atoms with van der Waals surface area (Å²) in [5, 5.41) is 3.55. The van der Waals surface area contributed by atoms with Gasteiger partial charge in [-0.25, -0.2) is 14.6 Å². The van der Waals surface area contributed by atoms with Gasteiger partial charge >= 0.3 is 11.9 Å². The Labute approximate surface area is 203 Å². The Balaban J connectivity index is 1.61. The van der Waals surface area contributed by atoms with Gasteiger partial charge in [0.15, 0.2) is 0 Å². The molecule has 1 N–H and O–H groups in total. The number of nitrogens with one attached hydrogen (secondary N) is 1. The minimum Gasteiger partial charge on any atom is -0.462 e. The Morgan fingerprint density at radius 3 is 2.53 bits per heavy atom. The molecule has 3 heterocycles. The molecule has 0 saturated carbocycles. The van der Waals surface area contributed by atoms with Gasteiger partial charge in [-0.15, -0.1) is 22.7 Å². The molecule has 0 radical (unpaired) electrons. The second-order valence-electron chi connectivity index (χ2n) is 7.82. The molecule has 0 aromatic carbocycles. The summed E-state index contributed by atoms with van der Waals surface area (Å²) in [6.07, 6.45) is 4.95. The van der Waals surface area contributed by atoms with Crippen molar-refractivity contribution in [2.45, 2.75) is 53.0 Å². The lowest BCUT2D eigenvalue weighted by Crippen LogP contribution is -2.28. The zero-order valence-corrected chi connectivity index (χ0v) is 20.8. The van der Waals surface area contributed by atoms with E-state index in [0.717, 1.165) is 47.5 Å². The van der Waals surface area contributed by atoms with Crippen LogP contribution in [0, 0.1) is 6.92 Å². The van der Waals surface area contributed by atoms with Gasteiger partial charge in [0, 0.05) is 4.88 Å². The maximum Gasteiger partial charge on any atom is 0.348 e. The second-order valence-corrected chi connectivity index (χ2v) is 9.92. The van der Waals surface area contributed by atoms with Crippen molar-refractivity contribution in [3.63, 3.8) is 0 Å². The molecule has 4 rings (SSSR count). The Bertz CT molecular complexity index is 1340. The molecule has 1 aliphatic carbocycles. The second kappa shape index (κ2) is 10.1. The molecule has 0 saturated heterocycles. The Morgan fingerprint density at radius 2 is 1.79 bits per heavy atom. The molecule has 0 aliphatic heterocycles. The number of hydrogen-bond donors (Lipinski definition) is 1. The van der Waals surface area contributed by atoms with Crippen LogP contribution in [0.1, 0.15) is 62.7 Å². The first-order chi connectivity index (χ1) is 16.3. The summed E-state index contributed by atoms with van der Waals surface area (Å²) in [7, 11) is 0. The van der Waals surface area contributed by atoms with E-state index in [0.29, 0.717) is 31.2 Å². The van der Waals surface area contributed by atoms with Crippen LogP contribution >= 0.6 is 22.7 Å². The topological polar surface area (TPSA) is 117 Å². The van der Waals surface area contributed by atoms with Crippen LogP contribution in [0.5, 0.6) is 0 Å². The molecule has 9 nitrogen and oxygen atoms in total. The Hall–Kier alpha value is -3.05. The summed E-state index contributed by atoms with van der Waals surface area (Å²) in [6.45, 7) is 5.30. The molecule has 3 aromatic heterocycles. The van der Waals surface area contributed by atoms with E-state index >= 15 is 0 Å². The van der Waals surface area contributed by atoms with Crippen molar-refractivity contribution in [3.05, 3.63) is 43.1 Å². The van der Waals surface area contributed by atoms with Crippen LogP contribution in [0.15, 0.2) is 11.1 Å². The number of ether oxygens (including phenoxy) is 2. The molecule has 1 amide bonds. The average molecular weight is 504 g/mol. The van der Waals surface area contributed by atoms with Crippen LogP contribution in [0.25, 0.3) is 10.2 Å². The van der Waals surface area contributed by atoms with E-state index in [1.54, 1.807) is 20.8 Å². The average Bonchev–Trinajstić information content (AvgIpc) is 3.33. The van der Waals surface area contributed by atoms with Crippen LogP contribution < -0.4 is 10.9 Å². The minimum absolute atomic E-state index is 0.226. The number of aryl methyl sites for hydroxylation is 2. The number of anilines is 1. The highest BCUT2D eigenvalue weighted by molar-refractivity contribution is 7.20. The number of nitrogens with zero attached hydrogens (tertiary/aromatic N) is 2. The van der Waals surface area contributed by atoms with Gasteiger partial charge in [-0.3, -0.25) is 14.2 Å². The van der Waals surface area contributed by atoms with Crippen LogP contribution in [0.3, 0.4) is 0 Å². The third-order valence-corrected chi connectivity index (χ3v) is 7.98. The number of rotatable bonds is 7. The van der Waals surface area contributed by atoms with E-state index in [2.05, 4.69) is 10.3 Å². The van der Waals surface area contributed by atoms with Crippen molar-refractivity contribution in [1.29, 1.82) is 0 Å². The minimum atomic E-state index is -0.500. The lowest BCUT2D eigenvalue weighted by atomic mass is 9.95. The highest BCUT2D eigenvalue weighted by Crippen LogP contribution is 2.38. The largest absolute Gasteiger partial charge is 0.462 e. The van der Waals surface area contributed by atoms with Crippen LogP contribution in [-0.4, -0.2) is 40.6 Å². The zero-order chi connectivity index (χ0) is 24.4. The van der Waals surface area contributed by atoms with E-state index in [4.69, 9.17) is 9.47 Å². The summed E-state index contributed by atoms with van der Waals surface area (Å²) in [5.74, 6) is -1.40. The fourth-order valence-corrected chi connectivity index (χ4v) is 6.38. The maximum atomic E-state index is 13.1. The van der Waals surface area contributed by atoms with E-state index in [9.17, 15) is 19.2 Å². The quantitative estimate of drug-likeness (QED) is 0.489. The standard InChI is InChI=1S/C23H25N3O6S2/c1-4-31-22(29)17-13-8-6-7-9-14(13)33-20(17)25-15(27)10-26-11-24-19-16(21(26)28)12(3)18(34-19)23(30)32-5-2/h11H,4-10H2,1-3H3,(H,25,27). The molecule has 0 unspecified atom stereocenters. The summed E-state index contributed by atoms with van der Waals surface area (Å²) in [6, 6.07) is 0. The van der Waals surface area contributed by atoms with Gasteiger partial charge in [0.05, 0.1) is 30.5 Å². The van der Waals surface area contributed by atoms with Crippen LogP contribution in [-0.2, 0) is 33.7 Å². The Morgan fingerprint density at radius 1 is 1.09 bits per heavy atom. The monoisotopic (exact) mass is 503 g/mol. The van der Waals surface area contributed by atoms with Crippen LogP contribution in [0.2, 0.25) is 0 Å². The lowest BCUT2D eigenvalue weighted by molar-refractivity contribution is -0.116. The van der Waals surface area contributed by atoms with Crippen molar-refractivity contribution in [1.82, 2.24) is 9.55 Å². The zero-order valence-electron chi connectivity index (χ0n) is 19.2. The third kappa shape index (κ3) is 4.49. The normalized spacial score (nSPS) is 12.9. The number of carbonyl (C=O) groups is 3. The van der Waals surface area contributed by atoms with E-state index < -0.39 is 23.4 Å². The molecule has 0 spiro atoms. The van der Waals surface area contributed by atoms with Gasteiger partial charge in [-0.05, 0) is 57.6 Å². The van der Waals surface area contributed by atoms with Crippen molar-refractivity contribution in [2.75, 3.05) is 18.5 Å². The smallest absolute Gasteiger partial charge is 0.348 e. The molecule has 3 aromatic rings. The first-order valence-electron chi connectivity index (χ1n) is 11.1. The number of fused-ring (bicyclic) bond motifs is 2. The summed E-state index contributed by atoms with van der Waals surface area (Å²) in [4.78, 5) is 56.9. The molecular weight excluding hydrogens is 478 g/mol. The predicted molar refractivity (Wildman–Crippen MR) is 130 cm³/mol. The molecule has 1 aliphatic rings. The van der Waals surface area contributed by atoms with Gasteiger partial charge in [0.2, 0.25) is 5.91 Å². The highest BCUT2D eigenvalue weighted by atomic mass is 32.1. The van der Waals surface area contributed by atoms with Crippen molar-refractivity contribution < 1.29 is 23.9 Å². The summed E-state index contributed by atoms with van der Waals surface area (Å²) >= 11 is 2.48. The summed E-state index contributed by atoms with van der Waals surface area (Å²) in [5.41, 5.74) is 1.44. The fraction of sp³-hybridized carbons (Fsp3) is 0.435. The van der Waals surface area contributed by atoms with Gasteiger partial charge in [0.25, 0.3) is 5.56 Å². The van der Waals surface area contributed by atoms with Gasteiger partial charge in [-0.2, -0.15) is 0 Å². The first kappa shape index (κ1) is 24.1. The highest BCUT2D eigenvalue weighted by Gasteiger charge is 2.27. The SMILES string of the molecule is CCOC(=O)c1sc2ncn(CC(=O)Nc3sc4c(c3C(=O)OCC)CCCC4)c(=O)c2c1C. The lowest BCUT2D eigenvalue weighted by Gasteiger charge is -2.12. The van der Waals surface area contributed by atoms with Crippen molar-refractivity contribution in [2.24, 2.45) is 0 Å². The van der Waals surface area contributed by atoms with Crippen LogP contribution in [0.4, 0.5) is 5.00 Å². The Kier molecular flexibility index (Phi) is 7.13. The number of esters is 2. The molecule has 0 bridgehead atoms. The number of amides is 1. The predicted octanol–water partition coefficient (Wildman–Crippen LogP) is 3.70. The molecule has 34 heavy (non-hydrogen) atoms. The van der Waals surface area contributed by atoms with E-state index in [-0.39, 0.29) is 19.8 Å². The van der Waals surface area contributed by atoms with Crippen molar-refractivity contribution in [3.8, 4) is 0 Å². The van der Waals surface area contributed by atoms with E-state index in [1.165, 1.54) is 22.2 Å². The molecule has 11 heteroatoms. The fourth-order valence-electron chi connectivity index (χ4n) is 4.06. The van der Waals surface area contributed by atoms with E-state index in [1.807, 2.05) is 0 Å².